The van der Waals surface area contributed by atoms with Crippen molar-refractivity contribution in [3.63, 3.8) is 0 Å². The Morgan fingerprint density at radius 3 is 2.54 bits per heavy atom. The molecule has 0 radical (unpaired) electrons. The number of rotatable bonds is 9. The fraction of sp³-hybridized carbons (Fsp3) is 0.407. The molecule has 4 heterocycles. The fourth-order valence-corrected chi connectivity index (χ4v) is 4.87. The van der Waals surface area contributed by atoms with Gasteiger partial charge in [0.1, 0.15) is 23.3 Å². The lowest BCUT2D eigenvalue weighted by atomic mass is 10.1. The van der Waals surface area contributed by atoms with E-state index in [9.17, 15) is 19.2 Å². The average molecular weight is 570 g/mol. The zero-order valence-corrected chi connectivity index (χ0v) is 22.4. The molecule has 1 N–H and O–H groups in total. The van der Waals surface area contributed by atoms with Crippen LogP contribution in [0.3, 0.4) is 0 Å². The highest BCUT2D eigenvalue weighted by Crippen LogP contribution is 2.32. The Balaban J connectivity index is 1.14. The van der Waals surface area contributed by atoms with Crippen molar-refractivity contribution in [3.05, 3.63) is 54.1 Å². The monoisotopic (exact) mass is 569 g/mol. The molecule has 0 saturated carbocycles. The van der Waals surface area contributed by atoms with Gasteiger partial charge in [0.25, 0.3) is 5.91 Å². The highest BCUT2D eigenvalue weighted by molar-refractivity contribution is 5.95. The van der Waals surface area contributed by atoms with Crippen LogP contribution in [0.4, 0.5) is 25.0 Å². The number of carbonyl (C=O) groups excluding carboxylic acids is 4. The number of anilines is 2. The van der Waals surface area contributed by atoms with Crippen LogP contribution in [0, 0.1) is 11.6 Å². The first kappa shape index (κ1) is 27.9. The molecule has 2 aromatic heterocycles. The first-order valence-electron chi connectivity index (χ1n) is 13.3. The summed E-state index contributed by atoms with van der Waals surface area (Å²) in [5.74, 6) is -2.13. The van der Waals surface area contributed by atoms with E-state index in [-0.39, 0.29) is 74.4 Å². The van der Waals surface area contributed by atoms with Crippen LogP contribution in [-0.4, -0.2) is 88.3 Å². The maximum atomic E-state index is 15.1. The summed E-state index contributed by atoms with van der Waals surface area (Å²) in [5, 5.41) is 2.55. The first-order valence-corrected chi connectivity index (χ1v) is 13.3. The molecule has 1 aromatic carbocycles. The van der Waals surface area contributed by atoms with E-state index in [0.29, 0.717) is 18.6 Å². The Morgan fingerprint density at radius 1 is 1.12 bits per heavy atom. The smallest absolute Gasteiger partial charge is 0.414 e. The maximum Gasteiger partial charge on any atom is 0.414 e. The number of fused-ring (bicyclic) bond motifs is 1. The highest BCUT2D eigenvalue weighted by Gasteiger charge is 2.34. The van der Waals surface area contributed by atoms with E-state index >= 15 is 8.78 Å². The third kappa shape index (κ3) is 6.10. The summed E-state index contributed by atoms with van der Waals surface area (Å²) in [6, 6.07) is 3.87. The average Bonchev–Trinajstić information content (AvgIpc) is 3.57. The largest absolute Gasteiger partial charge is 0.444 e. The minimum atomic E-state index is -0.841. The number of amides is 3. The minimum absolute atomic E-state index is 0.0315. The van der Waals surface area contributed by atoms with Crippen LogP contribution < -0.4 is 15.1 Å². The van der Waals surface area contributed by atoms with Crippen molar-refractivity contribution in [1.29, 1.82) is 0 Å². The van der Waals surface area contributed by atoms with E-state index in [2.05, 4.69) is 15.3 Å². The maximum absolute atomic E-state index is 15.1. The Labute approximate surface area is 233 Å². The van der Waals surface area contributed by atoms with Crippen molar-refractivity contribution in [2.24, 2.45) is 0 Å². The van der Waals surface area contributed by atoms with Crippen molar-refractivity contribution >= 4 is 40.8 Å². The standard InChI is InChI=1S/C27H29F2N7O5/c1-2-18(37)4-5-19-15-36(27(40)41-19)17-12-20(28)24(21(29)13-17)34-10-8-33(9-11-34)23(38)14-31-25(39)22-16-35-7-3-6-30-26(35)32-22/h3,6-7,12-13,16,19H,2,4-5,8-11,14-15H2,1H3,(H,31,39)/t19-/m0/s1. The van der Waals surface area contributed by atoms with Gasteiger partial charge in [-0.05, 0) is 12.5 Å². The van der Waals surface area contributed by atoms with Crippen LogP contribution in [0.15, 0.2) is 36.8 Å². The quantitative estimate of drug-likeness (QED) is 0.415. The second-order valence-electron chi connectivity index (χ2n) is 9.81. The lowest BCUT2D eigenvalue weighted by Gasteiger charge is -2.36. The Hall–Kier alpha value is -4.62. The van der Waals surface area contributed by atoms with Crippen LogP contribution in [-0.2, 0) is 14.3 Å². The summed E-state index contributed by atoms with van der Waals surface area (Å²) in [6.45, 7) is 2.34. The van der Waals surface area contributed by atoms with E-state index < -0.39 is 29.7 Å². The van der Waals surface area contributed by atoms with Crippen LogP contribution in [0.25, 0.3) is 5.78 Å². The number of hydrogen-bond donors (Lipinski definition) is 1. The molecule has 2 saturated heterocycles. The summed E-state index contributed by atoms with van der Waals surface area (Å²) in [6.07, 6.45) is 4.52. The number of halogens is 2. The second-order valence-corrected chi connectivity index (χ2v) is 9.81. The zero-order chi connectivity index (χ0) is 29.1. The number of carbonyl (C=O) groups is 4. The van der Waals surface area contributed by atoms with E-state index in [1.54, 1.807) is 29.8 Å². The number of ether oxygens (including phenoxy) is 1. The van der Waals surface area contributed by atoms with Crippen LogP contribution in [0.1, 0.15) is 36.7 Å². The summed E-state index contributed by atoms with van der Waals surface area (Å²) >= 11 is 0. The zero-order valence-electron chi connectivity index (χ0n) is 22.4. The summed E-state index contributed by atoms with van der Waals surface area (Å²) in [7, 11) is 0. The molecule has 2 aliphatic heterocycles. The number of nitrogens with one attached hydrogen (secondary N) is 1. The number of hydrogen-bond acceptors (Lipinski definition) is 8. The van der Waals surface area contributed by atoms with Crippen molar-refractivity contribution in [2.45, 2.75) is 32.3 Å². The van der Waals surface area contributed by atoms with Crippen LogP contribution in [0.2, 0.25) is 0 Å². The molecule has 0 aliphatic carbocycles. The van der Waals surface area contributed by atoms with E-state index in [4.69, 9.17) is 4.74 Å². The van der Waals surface area contributed by atoms with Gasteiger partial charge in [0.15, 0.2) is 11.6 Å². The van der Waals surface area contributed by atoms with Gasteiger partial charge in [-0.2, -0.15) is 0 Å². The molecular formula is C27H29F2N7O5. The normalized spacial score (nSPS) is 17.2. The molecule has 3 aromatic rings. The lowest BCUT2D eigenvalue weighted by Crippen LogP contribution is -2.51. The van der Waals surface area contributed by atoms with E-state index in [0.717, 1.165) is 17.0 Å². The van der Waals surface area contributed by atoms with Crippen molar-refractivity contribution in [1.82, 2.24) is 24.6 Å². The molecule has 12 nitrogen and oxygen atoms in total. The third-order valence-electron chi connectivity index (χ3n) is 7.14. The van der Waals surface area contributed by atoms with Crippen molar-refractivity contribution in [2.75, 3.05) is 49.1 Å². The predicted octanol–water partition coefficient (Wildman–Crippen LogP) is 2.17. The Kier molecular flexibility index (Phi) is 8.08. The first-order chi connectivity index (χ1) is 19.7. The Morgan fingerprint density at radius 2 is 1.85 bits per heavy atom. The molecule has 0 unspecified atom stereocenters. The predicted molar refractivity (Wildman–Crippen MR) is 143 cm³/mol. The number of Topliss-reactive ketones (excluding diaryl/α,β-unsaturated/α-hetero) is 1. The van der Waals surface area contributed by atoms with Gasteiger partial charge in [-0.1, -0.05) is 6.92 Å². The summed E-state index contributed by atoms with van der Waals surface area (Å²) in [5.41, 5.74) is -0.0868. The molecule has 0 spiro atoms. The number of ketones is 1. The van der Waals surface area contributed by atoms with Gasteiger partial charge < -0.3 is 19.9 Å². The topological polar surface area (TPSA) is 129 Å². The molecule has 0 bridgehead atoms. The number of aromatic nitrogens is 3. The van der Waals surface area contributed by atoms with E-state index in [1.807, 2.05) is 0 Å². The van der Waals surface area contributed by atoms with Gasteiger partial charge in [-0.25, -0.2) is 23.5 Å². The molecular weight excluding hydrogens is 540 g/mol. The summed E-state index contributed by atoms with van der Waals surface area (Å²) in [4.78, 5) is 61.3. The molecule has 5 rings (SSSR count). The van der Waals surface area contributed by atoms with Crippen LogP contribution in [0.5, 0.6) is 0 Å². The molecule has 14 heteroatoms. The van der Waals surface area contributed by atoms with Gasteiger partial charge in [-0.3, -0.25) is 23.7 Å². The SMILES string of the molecule is CCC(=O)CC[C@H]1CN(c2cc(F)c(N3CCN(C(=O)CNC(=O)c4cn5cccnc5n4)CC3)c(F)c2)C(=O)O1. The molecule has 2 fully saturated rings. The van der Waals surface area contributed by atoms with Gasteiger partial charge in [-0.15, -0.1) is 0 Å². The molecule has 216 valence electrons. The molecule has 3 amide bonds. The van der Waals surface area contributed by atoms with Gasteiger partial charge in [0, 0.05) is 69.7 Å². The molecule has 41 heavy (non-hydrogen) atoms. The van der Waals surface area contributed by atoms with Gasteiger partial charge in [0.2, 0.25) is 11.7 Å². The number of nitrogens with zero attached hydrogens (tertiary/aromatic N) is 6. The number of benzene rings is 1. The lowest BCUT2D eigenvalue weighted by molar-refractivity contribution is -0.130. The van der Waals surface area contributed by atoms with Gasteiger partial charge >= 0.3 is 6.09 Å². The molecule has 2 aliphatic rings. The highest BCUT2D eigenvalue weighted by atomic mass is 19.1. The number of cyclic esters (lactones) is 1. The van der Waals surface area contributed by atoms with Crippen molar-refractivity contribution in [3.8, 4) is 0 Å². The van der Waals surface area contributed by atoms with Crippen molar-refractivity contribution < 1.29 is 32.7 Å². The number of piperazine rings is 1. The second kappa shape index (κ2) is 11.9. The summed E-state index contributed by atoms with van der Waals surface area (Å²) < 4.78 is 37.1. The third-order valence-corrected chi connectivity index (χ3v) is 7.14. The number of imidazole rings is 1. The van der Waals surface area contributed by atoms with E-state index in [1.165, 1.54) is 16.0 Å². The molecule has 1 atom stereocenters. The van der Waals surface area contributed by atoms with Crippen LogP contribution >= 0.6 is 0 Å². The fourth-order valence-electron chi connectivity index (χ4n) is 4.87. The van der Waals surface area contributed by atoms with Gasteiger partial charge in [0.05, 0.1) is 18.8 Å². The minimum Gasteiger partial charge on any atom is -0.444 e. The Bertz CT molecular complexity index is 1430.